The first-order valence-electron chi connectivity index (χ1n) is 6.89. The van der Waals surface area contributed by atoms with Gasteiger partial charge in [0.05, 0.1) is 5.41 Å². The van der Waals surface area contributed by atoms with Crippen molar-refractivity contribution in [2.45, 2.75) is 33.9 Å². The van der Waals surface area contributed by atoms with Crippen LogP contribution in [-0.2, 0) is 23.6 Å². The predicted molar refractivity (Wildman–Crippen MR) is 80.5 cm³/mol. The Labute approximate surface area is 126 Å². The molecule has 8 heteroatoms. The Morgan fingerprint density at radius 2 is 1.82 bits per heavy atom. The van der Waals surface area contributed by atoms with Crippen molar-refractivity contribution in [1.82, 2.24) is 18.7 Å². The highest BCUT2D eigenvalue weighted by molar-refractivity contribution is 5.75. The molecule has 0 aliphatic heterocycles. The molecule has 2 heterocycles. The molecule has 0 aliphatic carbocycles. The van der Waals surface area contributed by atoms with Crippen molar-refractivity contribution in [2.24, 2.45) is 19.5 Å². The normalized spacial score (nSPS) is 13.4. The largest absolute Gasteiger partial charge is 0.441 e. The van der Waals surface area contributed by atoms with Gasteiger partial charge in [-0.2, -0.15) is 0 Å². The van der Waals surface area contributed by atoms with Gasteiger partial charge in [0.1, 0.15) is 6.33 Å². The molecular weight excluding hydrogens is 288 g/mol. The molecule has 0 spiro atoms. The molecular formula is C14H20N4O4. The number of hydrogen-bond acceptors (Lipinski definition) is 5. The zero-order valence-electron chi connectivity index (χ0n) is 13.6. The molecule has 0 aliphatic rings. The van der Waals surface area contributed by atoms with Gasteiger partial charge in [-0.3, -0.25) is 23.3 Å². The smallest absolute Gasteiger partial charge is 0.332 e. The van der Waals surface area contributed by atoms with Crippen LogP contribution in [0.3, 0.4) is 0 Å². The van der Waals surface area contributed by atoms with Crippen LogP contribution >= 0.6 is 0 Å². The molecule has 0 amide bonds. The lowest BCUT2D eigenvalue weighted by molar-refractivity contribution is -0.162. The summed E-state index contributed by atoms with van der Waals surface area (Å²) in [6.45, 7) is 6.89. The summed E-state index contributed by atoms with van der Waals surface area (Å²) in [6, 6.07) is 0. The van der Waals surface area contributed by atoms with E-state index >= 15 is 0 Å². The molecule has 22 heavy (non-hydrogen) atoms. The lowest BCUT2D eigenvalue weighted by Gasteiger charge is -2.21. The van der Waals surface area contributed by atoms with Crippen LogP contribution in [-0.4, -0.2) is 24.7 Å². The Morgan fingerprint density at radius 1 is 1.23 bits per heavy atom. The van der Waals surface area contributed by atoms with Gasteiger partial charge in [0.25, 0.3) is 5.56 Å². The molecule has 0 fully saturated rings. The summed E-state index contributed by atoms with van der Waals surface area (Å²) in [6.07, 6.45) is 0.688. The molecule has 8 nitrogen and oxygen atoms in total. The van der Waals surface area contributed by atoms with Crippen molar-refractivity contribution in [3.8, 4) is 0 Å². The van der Waals surface area contributed by atoms with Gasteiger partial charge in [0.2, 0.25) is 0 Å². The van der Waals surface area contributed by atoms with Crippen molar-refractivity contribution in [3.05, 3.63) is 27.2 Å². The molecule has 0 N–H and O–H groups in total. The minimum absolute atomic E-state index is 0.221. The Bertz CT molecular complexity index is 851. The van der Waals surface area contributed by atoms with Crippen molar-refractivity contribution in [3.63, 3.8) is 0 Å². The van der Waals surface area contributed by atoms with Crippen LogP contribution in [0.2, 0.25) is 0 Å². The molecule has 0 saturated heterocycles. The van der Waals surface area contributed by atoms with Crippen molar-refractivity contribution in [1.29, 1.82) is 0 Å². The van der Waals surface area contributed by atoms with Crippen LogP contribution < -0.4 is 11.2 Å². The Morgan fingerprint density at radius 3 is 2.36 bits per heavy atom. The molecule has 120 valence electrons. The Kier molecular flexibility index (Phi) is 3.72. The molecule has 2 rings (SSSR count). The number of hydrogen-bond donors (Lipinski definition) is 0. The van der Waals surface area contributed by atoms with Gasteiger partial charge in [0.15, 0.2) is 17.4 Å². The molecule has 0 aromatic carbocycles. The number of aryl methyl sites for hydroxylation is 1. The molecule has 2 aromatic rings. The van der Waals surface area contributed by atoms with Crippen molar-refractivity contribution >= 4 is 17.1 Å². The van der Waals surface area contributed by atoms with Crippen LogP contribution in [0.5, 0.6) is 0 Å². The van der Waals surface area contributed by atoms with Crippen LogP contribution in [0.15, 0.2) is 15.9 Å². The fourth-order valence-corrected chi connectivity index (χ4v) is 2.03. The number of esters is 1. The number of rotatable bonds is 2. The average molecular weight is 308 g/mol. The fraction of sp³-hybridized carbons (Fsp3) is 0.571. The molecule has 2 aromatic heterocycles. The summed E-state index contributed by atoms with van der Waals surface area (Å²) in [7, 11) is 2.93. The second-order valence-electron chi connectivity index (χ2n) is 6.28. The first-order valence-corrected chi connectivity index (χ1v) is 6.89. The van der Waals surface area contributed by atoms with E-state index in [2.05, 4.69) is 4.98 Å². The zero-order valence-corrected chi connectivity index (χ0v) is 13.6. The summed E-state index contributed by atoms with van der Waals surface area (Å²) in [5, 5.41) is 0. The Hall–Kier alpha value is -2.38. The highest BCUT2D eigenvalue weighted by Crippen LogP contribution is 2.21. The third-order valence-electron chi connectivity index (χ3n) is 3.45. The van der Waals surface area contributed by atoms with E-state index in [0.29, 0.717) is 0 Å². The van der Waals surface area contributed by atoms with E-state index in [1.807, 2.05) is 0 Å². The summed E-state index contributed by atoms with van der Waals surface area (Å²) >= 11 is 0. The van der Waals surface area contributed by atoms with E-state index in [0.717, 1.165) is 4.57 Å². The van der Waals surface area contributed by atoms with E-state index < -0.39 is 22.9 Å². The summed E-state index contributed by atoms with van der Waals surface area (Å²) in [4.78, 5) is 40.3. The van der Waals surface area contributed by atoms with E-state index in [1.54, 1.807) is 27.7 Å². The molecule has 0 bridgehead atoms. The van der Waals surface area contributed by atoms with Crippen LogP contribution in [0.1, 0.15) is 33.9 Å². The third kappa shape index (κ3) is 2.44. The van der Waals surface area contributed by atoms with Crippen LogP contribution in [0.4, 0.5) is 0 Å². The fourth-order valence-electron chi connectivity index (χ4n) is 2.03. The highest BCUT2D eigenvalue weighted by atomic mass is 16.6. The minimum Gasteiger partial charge on any atom is -0.441 e. The van der Waals surface area contributed by atoms with E-state index in [4.69, 9.17) is 4.74 Å². The van der Waals surface area contributed by atoms with Crippen LogP contribution in [0, 0.1) is 5.41 Å². The molecule has 0 saturated carbocycles. The summed E-state index contributed by atoms with van der Waals surface area (Å²) < 4.78 is 9.12. The monoisotopic (exact) mass is 308 g/mol. The lowest BCUT2D eigenvalue weighted by Crippen LogP contribution is -2.38. The highest BCUT2D eigenvalue weighted by Gasteiger charge is 2.26. The first-order chi connectivity index (χ1) is 10.1. The van der Waals surface area contributed by atoms with Crippen molar-refractivity contribution in [2.75, 3.05) is 0 Å². The van der Waals surface area contributed by atoms with Gasteiger partial charge in [-0.1, -0.05) is 0 Å². The predicted octanol–water partition coefficient (Wildman–Crippen LogP) is 0.541. The topological polar surface area (TPSA) is 88.1 Å². The van der Waals surface area contributed by atoms with E-state index in [1.165, 1.54) is 29.6 Å². The second kappa shape index (κ2) is 5.11. The van der Waals surface area contributed by atoms with Gasteiger partial charge in [-0.05, 0) is 27.7 Å². The Balaban J connectivity index is 2.57. The number of carbonyl (C=O) groups is 1. The standard InChI is InChI=1S/C14H20N4O4/c1-8(22-12(20)14(2,3)4)18-7-15-10-9(18)11(19)17(6)13(21)16(10)5/h7-8H,1-6H3. The number of ether oxygens (including phenoxy) is 1. The van der Waals surface area contributed by atoms with Gasteiger partial charge in [-0.25, -0.2) is 9.78 Å². The van der Waals surface area contributed by atoms with E-state index in [9.17, 15) is 14.4 Å². The third-order valence-corrected chi connectivity index (χ3v) is 3.45. The average Bonchev–Trinajstić information content (AvgIpc) is 2.86. The second-order valence-corrected chi connectivity index (χ2v) is 6.28. The molecule has 0 radical (unpaired) electrons. The summed E-state index contributed by atoms with van der Waals surface area (Å²) in [5.74, 6) is -0.386. The van der Waals surface area contributed by atoms with Gasteiger partial charge < -0.3 is 4.74 Å². The number of imidazole rings is 1. The van der Waals surface area contributed by atoms with Gasteiger partial charge in [0, 0.05) is 14.1 Å². The lowest BCUT2D eigenvalue weighted by atomic mass is 9.97. The quantitative estimate of drug-likeness (QED) is 0.756. The molecule has 1 atom stereocenters. The number of nitrogens with zero attached hydrogens (tertiary/aromatic N) is 4. The maximum absolute atomic E-state index is 12.3. The van der Waals surface area contributed by atoms with Crippen molar-refractivity contribution < 1.29 is 9.53 Å². The molecule has 1 unspecified atom stereocenters. The zero-order chi connectivity index (χ0) is 16.8. The maximum atomic E-state index is 12.3. The number of fused-ring (bicyclic) bond motifs is 1. The maximum Gasteiger partial charge on any atom is 0.332 e. The SMILES string of the molecule is CC(OC(=O)C(C)(C)C)n1cnc2c1c(=O)n(C)c(=O)n2C. The number of aromatic nitrogens is 4. The number of carbonyl (C=O) groups excluding carboxylic acids is 1. The van der Waals surface area contributed by atoms with E-state index in [-0.39, 0.29) is 17.1 Å². The minimum atomic E-state index is -0.707. The van der Waals surface area contributed by atoms with Crippen LogP contribution in [0.25, 0.3) is 11.2 Å². The van der Waals surface area contributed by atoms with Gasteiger partial charge in [-0.15, -0.1) is 0 Å². The first kappa shape index (κ1) is 16.0. The van der Waals surface area contributed by atoms with Gasteiger partial charge >= 0.3 is 11.7 Å². The summed E-state index contributed by atoms with van der Waals surface area (Å²) in [5.41, 5.74) is -1.11.